The molecule has 2 aromatic carbocycles. The minimum absolute atomic E-state index is 0. The van der Waals surface area contributed by atoms with E-state index < -0.39 is 0 Å². The number of para-hydroxylation sites is 2. The van der Waals surface area contributed by atoms with Crippen molar-refractivity contribution in [1.82, 2.24) is 4.90 Å². The van der Waals surface area contributed by atoms with Crippen LogP contribution >= 0.6 is 24.2 Å². The minimum atomic E-state index is -0.317. The summed E-state index contributed by atoms with van der Waals surface area (Å²) in [6.45, 7) is 7.29. The van der Waals surface area contributed by atoms with Crippen molar-refractivity contribution in [3.63, 3.8) is 0 Å². The van der Waals surface area contributed by atoms with E-state index in [4.69, 9.17) is 4.74 Å². The summed E-state index contributed by atoms with van der Waals surface area (Å²) in [4.78, 5) is 18.8. The second-order valence-electron chi connectivity index (χ2n) is 5.51. The average molecular weight is 379 g/mol. The summed E-state index contributed by atoms with van der Waals surface area (Å²) in [7, 11) is 0. The Morgan fingerprint density at radius 2 is 1.52 bits per heavy atom. The van der Waals surface area contributed by atoms with Crippen molar-refractivity contribution in [3.8, 4) is 0 Å². The molecule has 1 heterocycles. The Labute approximate surface area is 159 Å². The van der Waals surface area contributed by atoms with Crippen LogP contribution in [0.4, 0.5) is 16.2 Å². The number of anilines is 2. The zero-order valence-corrected chi connectivity index (χ0v) is 16.1. The molecule has 0 N–H and O–H groups in total. The highest BCUT2D eigenvalue weighted by atomic mass is 35.5. The number of carbonyl (C=O) groups excluding carboxylic acids is 1. The lowest BCUT2D eigenvalue weighted by Crippen LogP contribution is -2.33. The van der Waals surface area contributed by atoms with E-state index in [1.807, 2.05) is 48.5 Å². The topological polar surface area (TPSA) is 32.8 Å². The van der Waals surface area contributed by atoms with Crippen molar-refractivity contribution in [3.05, 3.63) is 48.5 Å². The maximum atomic E-state index is 12.8. The third-order valence-electron chi connectivity index (χ3n) is 4.14. The van der Waals surface area contributed by atoms with Crippen LogP contribution < -0.4 is 4.90 Å². The number of amides is 1. The van der Waals surface area contributed by atoms with Gasteiger partial charge in [-0.1, -0.05) is 49.9 Å². The Morgan fingerprint density at radius 3 is 2.04 bits per heavy atom. The first-order valence-electron chi connectivity index (χ1n) is 8.29. The Hall–Kier alpha value is -1.69. The average Bonchev–Trinajstić information content (AvgIpc) is 2.63. The van der Waals surface area contributed by atoms with E-state index in [1.54, 1.807) is 16.7 Å². The van der Waals surface area contributed by atoms with Gasteiger partial charge in [-0.15, -0.1) is 12.4 Å². The molecule has 0 radical (unpaired) electrons. The molecule has 1 aliphatic heterocycles. The Morgan fingerprint density at radius 1 is 1.00 bits per heavy atom. The second-order valence-corrected chi connectivity index (χ2v) is 6.60. The molecular weight excluding hydrogens is 356 g/mol. The fourth-order valence-electron chi connectivity index (χ4n) is 2.77. The van der Waals surface area contributed by atoms with Gasteiger partial charge < -0.3 is 9.64 Å². The number of ether oxygens (including phenoxy) is 1. The molecule has 1 aliphatic rings. The number of hydrogen-bond acceptors (Lipinski definition) is 4. The standard InChI is InChI=1S/C19H22N2O2S.ClH/c1-3-20(4-2)13-14-23-19(22)21-15-9-5-7-11-17(15)24-18-12-8-6-10-16(18)21;/h5-12H,3-4,13-14H2,1-2H3;1H. The lowest BCUT2D eigenvalue weighted by atomic mass is 10.2. The van der Waals surface area contributed by atoms with Crippen LogP contribution in [-0.2, 0) is 4.74 Å². The molecule has 3 rings (SSSR count). The third-order valence-corrected chi connectivity index (χ3v) is 5.27. The number of nitrogens with zero attached hydrogens (tertiary/aromatic N) is 2. The van der Waals surface area contributed by atoms with Gasteiger partial charge in [-0.3, -0.25) is 0 Å². The number of halogens is 1. The van der Waals surface area contributed by atoms with Crippen LogP contribution in [0.5, 0.6) is 0 Å². The van der Waals surface area contributed by atoms with Gasteiger partial charge in [0.2, 0.25) is 0 Å². The molecule has 0 saturated carbocycles. The molecule has 25 heavy (non-hydrogen) atoms. The van der Waals surface area contributed by atoms with Crippen molar-refractivity contribution in [1.29, 1.82) is 0 Å². The van der Waals surface area contributed by atoms with Gasteiger partial charge in [0.25, 0.3) is 0 Å². The van der Waals surface area contributed by atoms with Gasteiger partial charge in [-0.25, -0.2) is 9.69 Å². The van der Waals surface area contributed by atoms with E-state index in [2.05, 4.69) is 18.7 Å². The third kappa shape index (κ3) is 4.29. The Bertz CT molecular complexity index is 677. The first kappa shape index (κ1) is 19.6. The molecular formula is C19H23ClN2O2S. The molecule has 0 spiro atoms. The number of benzene rings is 2. The summed E-state index contributed by atoms with van der Waals surface area (Å²) < 4.78 is 5.57. The summed E-state index contributed by atoms with van der Waals surface area (Å²) in [5, 5.41) is 0. The monoisotopic (exact) mass is 378 g/mol. The number of rotatable bonds is 5. The van der Waals surface area contributed by atoms with Crippen molar-refractivity contribution in [2.24, 2.45) is 0 Å². The quantitative estimate of drug-likeness (QED) is 0.716. The molecule has 134 valence electrons. The van der Waals surface area contributed by atoms with Crippen LogP contribution in [0.3, 0.4) is 0 Å². The van der Waals surface area contributed by atoms with Crippen LogP contribution in [0.15, 0.2) is 58.3 Å². The highest BCUT2D eigenvalue weighted by molar-refractivity contribution is 7.99. The van der Waals surface area contributed by atoms with E-state index in [0.717, 1.165) is 40.8 Å². The predicted octanol–water partition coefficient (Wildman–Crippen LogP) is 5.19. The number of likely N-dealkylation sites (N-methyl/N-ethyl adjacent to an activating group) is 1. The molecule has 0 atom stereocenters. The zero-order valence-electron chi connectivity index (χ0n) is 14.5. The molecule has 0 aromatic heterocycles. The van der Waals surface area contributed by atoms with Crippen LogP contribution in [0.25, 0.3) is 0 Å². The smallest absolute Gasteiger partial charge is 0.419 e. The Balaban J connectivity index is 0.00000225. The lowest BCUT2D eigenvalue weighted by Gasteiger charge is -2.30. The lowest BCUT2D eigenvalue weighted by molar-refractivity contribution is 0.138. The predicted molar refractivity (Wildman–Crippen MR) is 106 cm³/mol. The summed E-state index contributed by atoms with van der Waals surface area (Å²) >= 11 is 1.68. The molecule has 0 saturated heterocycles. The normalized spacial score (nSPS) is 12.2. The van der Waals surface area contributed by atoms with Crippen LogP contribution in [0.2, 0.25) is 0 Å². The van der Waals surface area contributed by atoms with Gasteiger partial charge in [0.15, 0.2) is 0 Å². The number of hydrogen-bond donors (Lipinski definition) is 0. The second kappa shape index (κ2) is 9.13. The van der Waals surface area contributed by atoms with Gasteiger partial charge in [-0.05, 0) is 37.4 Å². The van der Waals surface area contributed by atoms with E-state index in [1.165, 1.54) is 0 Å². The van der Waals surface area contributed by atoms with E-state index >= 15 is 0 Å². The molecule has 2 aromatic rings. The van der Waals surface area contributed by atoms with Crippen molar-refractivity contribution >= 4 is 41.6 Å². The van der Waals surface area contributed by atoms with Gasteiger partial charge in [0.1, 0.15) is 6.61 Å². The van der Waals surface area contributed by atoms with Crippen LogP contribution in [0.1, 0.15) is 13.8 Å². The molecule has 4 nitrogen and oxygen atoms in total. The fraction of sp³-hybridized carbons (Fsp3) is 0.316. The molecule has 0 unspecified atom stereocenters. The van der Waals surface area contributed by atoms with Gasteiger partial charge in [0, 0.05) is 16.3 Å². The molecule has 1 amide bonds. The van der Waals surface area contributed by atoms with E-state index in [0.29, 0.717) is 6.61 Å². The van der Waals surface area contributed by atoms with E-state index in [-0.39, 0.29) is 18.5 Å². The van der Waals surface area contributed by atoms with Crippen LogP contribution in [0, 0.1) is 0 Å². The SMILES string of the molecule is CCN(CC)CCOC(=O)N1c2ccccc2Sc2ccccc21.Cl. The molecule has 0 aliphatic carbocycles. The van der Waals surface area contributed by atoms with Gasteiger partial charge >= 0.3 is 6.09 Å². The van der Waals surface area contributed by atoms with Crippen molar-refractivity contribution in [2.45, 2.75) is 23.6 Å². The first-order chi connectivity index (χ1) is 11.7. The van der Waals surface area contributed by atoms with Crippen molar-refractivity contribution < 1.29 is 9.53 Å². The summed E-state index contributed by atoms with van der Waals surface area (Å²) in [6.07, 6.45) is -0.317. The number of fused-ring (bicyclic) bond motifs is 2. The fourth-order valence-corrected chi connectivity index (χ4v) is 3.83. The van der Waals surface area contributed by atoms with Gasteiger partial charge in [-0.2, -0.15) is 0 Å². The van der Waals surface area contributed by atoms with E-state index in [9.17, 15) is 4.79 Å². The number of carbonyl (C=O) groups is 1. The summed E-state index contributed by atoms with van der Waals surface area (Å²) in [6, 6.07) is 15.9. The first-order valence-corrected chi connectivity index (χ1v) is 9.11. The Kier molecular flexibility index (Phi) is 7.17. The largest absolute Gasteiger partial charge is 0.448 e. The zero-order chi connectivity index (χ0) is 16.9. The maximum absolute atomic E-state index is 12.8. The molecule has 0 bridgehead atoms. The van der Waals surface area contributed by atoms with Crippen molar-refractivity contribution in [2.75, 3.05) is 31.1 Å². The summed E-state index contributed by atoms with van der Waals surface area (Å²) in [5.74, 6) is 0. The van der Waals surface area contributed by atoms with Gasteiger partial charge in [0.05, 0.1) is 11.4 Å². The minimum Gasteiger partial charge on any atom is -0.448 e. The molecule has 6 heteroatoms. The molecule has 0 fully saturated rings. The highest BCUT2D eigenvalue weighted by Crippen LogP contribution is 2.47. The summed E-state index contributed by atoms with van der Waals surface area (Å²) in [5.41, 5.74) is 1.77. The van der Waals surface area contributed by atoms with Crippen LogP contribution in [-0.4, -0.2) is 37.2 Å². The highest BCUT2D eigenvalue weighted by Gasteiger charge is 2.28. The maximum Gasteiger partial charge on any atom is 0.419 e.